The molecule has 2 aromatic rings. The summed E-state index contributed by atoms with van der Waals surface area (Å²) < 4.78 is 15.5. The smallest absolute Gasteiger partial charge is 0.125 e. The van der Waals surface area contributed by atoms with E-state index in [1.807, 2.05) is 6.07 Å². The molecule has 0 aliphatic heterocycles. The van der Waals surface area contributed by atoms with Crippen molar-refractivity contribution in [1.29, 1.82) is 0 Å². The van der Waals surface area contributed by atoms with Gasteiger partial charge in [0.05, 0.1) is 11.0 Å². The summed E-state index contributed by atoms with van der Waals surface area (Å²) in [5, 5.41) is 0. The number of aryl methyl sites for hydroxylation is 1. The Labute approximate surface area is 111 Å². The number of alkyl halides is 1. The Bertz CT molecular complexity index is 560. The van der Waals surface area contributed by atoms with Crippen LogP contribution in [-0.4, -0.2) is 15.4 Å². The van der Waals surface area contributed by atoms with Crippen LogP contribution in [0, 0.1) is 5.82 Å². The Morgan fingerprint density at radius 1 is 1.33 bits per heavy atom. The molecule has 2 nitrogen and oxygen atoms in total. The summed E-state index contributed by atoms with van der Waals surface area (Å²) in [4.78, 5) is 4.59. The first kappa shape index (κ1) is 12.0. The molecule has 0 N–H and O–H groups in total. The molecule has 0 spiro atoms. The van der Waals surface area contributed by atoms with Crippen molar-refractivity contribution in [2.24, 2.45) is 0 Å². The summed E-state index contributed by atoms with van der Waals surface area (Å²) in [5.74, 6) is 1.57. The Morgan fingerprint density at radius 3 is 2.89 bits per heavy atom. The summed E-state index contributed by atoms with van der Waals surface area (Å²) in [7, 11) is 0. The van der Waals surface area contributed by atoms with E-state index in [2.05, 4.69) is 9.55 Å². The van der Waals surface area contributed by atoms with Crippen LogP contribution in [0.15, 0.2) is 18.2 Å². The van der Waals surface area contributed by atoms with Crippen molar-refractivity contribution in [3.05, 3.63) is 29.8 Å². The summed E-state index contributed by atoms with van der Waals surface area (Å²) in [6, 6.07) is 5.47. The van der Waals surface area contributed by atoms with Gasteiger partial charge in [0.15, 0.2) is 0 Å². The third kappa shape index (κ3) is 2.24. The van der Waals surface area contributed by atoms with Crippen molar-refractivity contribution in [2.45, 2.75) is 38.1 Å². The van der Waals surface area contributed by atoms with E-state index in [-0.39, 0.29) is 5.82 Å². The van der Waals surface area contributed by atoms with Gasteiger partial charge in [-0.25, -0.2) is 9.37 Å². The Hall–Kier alpha value is -1.09. The average molecular weight is 267 g/mol. The molecule has 4 heteroatoms. The number of rotatable bonds is 5. The van der Waals surface area contributed by atoms with E-state index in [4.69, 9.17) is 11.6 Å². The second-order valence-electron chi connectivity index (χ2n) is 4.91. The normalized spacial score (nSPS) is 15.4. The lowest BCUT2D eigenvalue weighted by atomic mass is 10.2. The summed E-state index contributed by atoms with van der Waals surface area (Å²) in [5.41, 5.74) is 1.85. The Morgan fingerprint density at radius 2 is 2.17 bits per heavy atom. The SMILES string of the molecule is Fc1ccc2c(c1)nc(CCCCCl)n2C1CC1. The van der Waals surface area contributed by atoms with E-state index in [0.717, 1.165) is 36.1 Å². The molecule has 1 aliphatic rings. The van der Waals surface area contributed by atoms with E-state index in [0.29, 0.717) is 11.9 Å². The van der Waals surface area contributed by atoms with Crippen molar-refractivity contribution >= 4 is 22.6 Å². The molecule has 1 fully saturated rings. The predicted molar refractivity (Wildman–Crippen MR) is 71.6 cm³/mol. The molecule has 0 bridgehead atoms. The quantitative estimate of drug-likeness (QED) is 0.589. The van der Waals surface area contributed by atoms with E-state index in [1.165, 1.54) is 25.0 Å². The average Bonchev–Trinajstić information content (AvgIpc) is 3.12. The number of hydrogen-bond acceptors (Lipinski definition) is 1. The van der Waals surface area contributed by atoms with Crippen LogP contribution in [0.25, 0.3) is 11.0 Å². The van der Waals surface area contributed by atoms with E-state index in [1.54, 1.807) is 0 Å². The molecular weight excluding hydrogens is 251 g/mol. The Kier molecular flexibility index (Phi) is 3.25. The Balaban J connectivity index is 1.98. The molecule has 1 saturated carbocycles. The highest BCUT2D eigenvalue weighted by Gasteiger charge is 2.27. The minimum atomic E-state index is -0.213. The summed E-state index contributed by atoms with van der Waals surface area (Å²) >= 11 is 5.71. The highest BCUT2D eigenvalue weighted by Crippen LogP contribution is 2.39. The van der Waals surface area contributed by atoms with Crippen molar-refractivity contribution < 1.29 is 4.39 Å². The minimum Gasteiger partial charge on any atom is -0.325 e. The van der Waals surface area contributed by atoms with Crippen molar-refractivity contribution in [3.8, 4) is 0 Å². The maximum atomic E-state index is 13.2. The number of halogens is 2. The van der Waals surface area contributed by atoms with E-state index < -0.39 is 0 Å². The molecule has 1 aliphatic carbocycles. The molecule has 1 heterocycles. The number of aromatic nitrogens is 2. The molecule has 0 amide bonds. The molecule has 0 unspecified atom stereocenters. The fourth-order valence-electron chi connectivity index (χ4n) is 2.42. The molecule has 0 radical (unpaired) electrons. The molecule has 3 rings (SSSR count). The zero-order valence-corrected chi connectivity index (χ0v) is 11.0. The summed E-state index contributed by atoms with van der Waals surface area (Å²) in [6.07, 6.45) is 5.40. The van der Waals surface area contributed by atoms with Gasteiger partial charge in [0, 0.05) is 24.4 Å². The largest absolute Gasteiger partial charge is 0.325 e. The molecule has 18 heavy (non-hydrogen) atoms. The lowest BCUT2D eigenvalue weighted by molar-refractivity contribution is 0.629. The summed E-state index contributed by atoms with van der Waals surface area (Å²) in [6.45, 7) is 0. The van der Waals surface area contributed by atoms with Crippen LogP contribution in [-0.2, 0) is 6.42 Å². The molecule has 96 valence electrons. The van der Waals surface area contributed by atoms with Crippen LogP contribution in [0.3, 0.4) is 0 Å². The van der Waals surface area contributed by atoms with Gasteiger partial charge in [-0.2, -0.15) is 0 Å². The number of fused-ring (bicyclic) bond motifs is 1. The van der Waals surface area contributed by atoms with Crippen LogP contribution in [0.4, 0.5) is 4.39 Å². The standard InChI is InChI=1S/C14H16ClFN2/c15-8-2-1-3-14-17-12-9-10(16)4-7-13(12)18(14)11-5-6-11/h4,7,9,11H,1-3,5-6,8H2. The van der Waals surface area contributed by atoms with E-state index >= 15 is 0 Å². The minimum absolute atomic E-state index is 0.213. The molecule has 1 aromatic carbocycles. The van der Waals surface area contributed by atoms with Gasteiger partial charge in [-0.15, -0.1) is 11.6 Å². The highest BCUT2D eigenvalue weighted by atomic mass is 35.5. The van der Waals surface area contributed by atoms with Crippen LogP contribution in [0.2, 0.25) is 0 Å². The first-order chi connectivity index (χ1) is 8.79. The fraction of sp³-hybridized carbons (Fsp3) is 0.500. The second-order valence-corrected chi connectivity index (χ2v) is 5.29. The molecule has 0 saturated heterocycles. The van der Waals surface area contributed by atoms with Crippen LogP contribution in [0.1, 0.15) is 37.5 Å². The van der Waals surface area contributed by atoms with E-state index in [9.17, 15) is 4.39 Å². The fourth-order valence-corrected chi connectivity index (χ4v) is 2.60. The molecular formula is C14H16ClFN2. The second kappa shape index (κ2) is 4.88. The van der Waals surface area contributed by atoms with Crippen molar-refractivity contribution in [2.75, 3.05) is 5.88 Å². The van der Waals surface area contributed by atoms with Crippen LogP contribution in [0.5, 0.6) is 0 Å². The molecule has 0 atom stereocenters. The highest BCUT2D eigenvalue weighted by molar-refractivity contribution is 6.17. The van der Waals surface area contributed by atoms with Gasteiger partial charge < -0.3 is 4.57 Å². The maximum Gasteiger partial charge on any atom is 0.125 e. The number of hydrogen-bond donors (Lipinski definition) is 0. The van der Waals surface area contributed by atoms with Crippen LogP contribution >= 0.6 is 11.6 Å². The third-order valence-electron chi connectivity index (χ3n) is 3.42. The number of unbranched alkanes of at least 4 members (excludes halogenated alkanes) is 1. The lowest BCUT2D eigenvalue weighted by Crippen LogP contribution is -2.01. The van der Waals surface area contributed by atoms with Gasteiger partial charge in [-0.05, 0) is 37.8 Å². The van der Waals surface area contributed by atoms with Crippen LogP contribution < -0.4 is 0 Å². The van der Waals surface area contributed by atoms with Gasteiger partial charge >= 0.3 is 0 Å². The number of imidazole rings is 1. The van der Waals surface area contributed by atoms with Gasteiger partial charge in [-0.3, -0.25) is 0 Å². The predicted octanol–water partition coefficient (Wildman–Crippen LogP) is 4.07. The van der Waals surface area contributed by atoms with Gasteiger partial charge in [0.25, 0.3) is 0 Å². The van der Waals surface area contributed by atoms with Gasteiger partial charge in [0.2, 0.25) is 0 Å². The molecule has 1 aromatic heterocycles. The maximum absolute atomic E-state index is 13.2. The first-order valence-electron chi connectivity index (χ1n) is 6.52. The zero-order valence-electron chi connectivity index (χ0n) is 10.2. The van der Waals surface area contributed by atoms with Crippen molar-refractivity contribution in [1.82, 2.24) is 9.55 Å². The monoisotopic (exact) mass is 266 g/mol. The van der Waals surface area contributed by atoms with Gasteiger partial charge in [-0.1, -0.05) is 0 Å². The number of nitrogens with zero attached hydrogens (tertiary/aromatic N) is 2. The number of benzene rings is 1. The lowest BCUT2D eigenvalue weighted by Gasteiger charge is -2.06. The zero-order chi connectivity index (χ0) is 12.5. The topological polar surface area (TPSA) is 17.8 Å². The van der Waals surface area contributed by atoms with Gasteiger partial charge in [0.1, 0.15) is 11.6 Å². The van der Waals surface area contributed by atoms with Crippen molar-refractivity contribution in [3.63, 3.8) is 0 Å². The third-order valence-corrected chi connectivity index (χ3v) is 3.69. The first-order valence-corrected chi connectivity index (χ1v) is 7.05.